The number of esters is 2. The van der Waals surface area contributed by atoms with Crippen LogP contribution in [0.3, 0.4) is 0 Å². The summed E-state index contributed by atoms with van der Waals surface area (Å²) < 4.78 is 12.2. The van der Waals surface area contributed by atoms with Gasteiger partial charge in [-0.25, -0.2) is 4.98 Å². The quantitative estimate of drug-likeness (QED) is 0.633. The zero-order valence-electron chi connectivity index (χ0n) is 18.7. The molecule has 9 heteroatoms. The largest absolute Gasteiger partial charge is 0.462 e. The second-order valence-corrected chi connectivity index (χ2v) is 7.73. The molecule has 0 fully saturated rings. The maximum absolute atomic E-state index is 13.1. The Labute approximate surface area is 180 Å². The van der Waals surface area contributed by atoms with Crippen LogP contribution in [0.5, 0.6) is 0 Å². The van der Waals surface area contributed by atoms with Crippen molar-refractivity contribution in [2.45, 2.75) is 66.7 Å². The molecular weight excluding hydrogens is 402 g/mol. The van der Waals surface area contributed by atoms with Crippen LogP contribution in [0.2, 0.25) is 0 Å². The van der Waals surface area contributed by atoms with Crippen LogP contribution in [-0.2, 0) is 25.6 Å². The summed E-state index contributed by atoms with van der Waals surface area (Å²) in [7, 11) is 0. The van der Waals surface area contributed by atoms with Crippen LogP contribution in [0.25, 0.3) is 11.0 Å². The molecular formula is C22H29N3O6. The van der Waals surface area contributed by atoms with Gasteiger partial charge in [0, 0.05) is 19.8 Å². The molecule has 0 aliphatic carbocycles. The van der Waals surface area contributed by atoms with E-state index in [1.165, 1.54) is 18.4 Å². The van der Waals surface area contributed by atoms with Crippen LogP contribution in [0.4, 0.5) is 0 Å². The van der Waals surface area contributed by atoms with Crippen molar-refractivity contribution in [3.8, 4) is 0 Å². The smallest absolute Gasteiger partial charge is 0.302 e. The lowest BCUT2D eigenvalue weighted by Crippen LogP contribution is -2.41. The van der Waals surface area contributed by atoms with Gasteiger partial charge in [-0.05, 0) is 43.5 Å². The minimum atomic E-state index is -0.942. The van der Waals surface area contributed by atoms with Crippen molar-refractivity contribution >= 4 is 28.9 Å². The first-order chi connectivity index (χ1) is 14.5. The number of hydrogen-bond donors (Lipinski definition) is 1. The minimum absolute atomic E-state index is 0.0564. The Morgan fingerprint density at radius 2 is 1.61 bits per heavy atom. The maximum Gasteiger partial charge on any atom is 0.302 e. The Hall–Kier alpha value is -3.23. The van der Waals surface area contributed by atoms with Gasteiger partial charge < -0.3 is 19.8 Å². The Kier molecular flexibility index (Phi) is 7.54. The summed E-state index contributed by atoms with van der Waals surface area (Å²) in [6.45, 7) is 9.93. The monoisotopic (exact) mass is 431 g/mol. The first-order valence-electron chi connectivity index (χ1n) is 10.1. The molecule has 9 nitrogen and oxygen atoms in total. The fraction of sp³-hybridized carbons (Fsp3) is 0.500. The van der Waals surface area contributed by atoms with E-state index in [0.717, 1.165) is 11.1 Å². The number of primary amides is 1. The molecule has 1 heterocycles. The maximum atomic E-state index is 13.1. The van der Waals surface area contributed by atoms with Crippen LogP contribution in [0.1, 0.15) is 55.7 Å². The average molecular weight is 431 g/mol. The Balaban J connectivity index is 2.65. The second kappa shape index (κ2) is 9.72. The lowest BCUT2D eigenvalue weighted by molar-refractivity contribution is -0.159. The standard InChI is InChI=1S/C22H29N3O6/c1-7-18(30-14(5)26)13(4)19(31-15(6)27)10-25-17-9-12(3)11(2)8-16(17)24-20(21(23)28)22(25)29/h8-9,13,18-19H,7,10H2,1-6H3,(H2,23,28). The summed E-state index contributed by atoms with van der Waals surface area (Å²) in [5, 5.41) is 0. The molecule has 1 aromatic heterocycles. The van der Waals surface area contributed by atoms with Gasteiger partial charge in [-0.3, -0.25) is 19.2 Å². The highest BCUT2D eigenvalue weighted by Crippen LogP contribution is 2.23. The third-order valence-corrected chi connectivity index (χ3v) is 5.37. The molecule has 2 rings (SSSR count). The van der Waals surface area contributed by atoms with E-state index < -0.39 is 47.2 Å². The summed E-state index contributed by atoms with van der Waals surface area (Å²) >= 11 is 0. The normalized spacial score (nSPS) is 14.0. The number of fused-ring (bicyclic) bond motifs is 1. The van der Waals surface area contributed by atoms with Crippen LogP contribution >= 0.6 is 0 Å². The molecule has 3 atom stereocenters. The molecule has 0 spiro atoms. The molecule has 1 aromatic carbocycles. The number of benzene rings is 1. The predicted octanol–water partition coefficient (Wildman–Crippen LogP) is 2.02. The third-order valence-electron chi connectivity index (χ3n) is 5.37. The number of aromatic nitrogens is 2. The summed E-state index contributed by atoms with van der Waals surface area (Å²) in [5.41, 5.74) is 7.10. The molecule has 2 N–H and O–H groups in total. The zero-order chi connectivity index (χ0) is 23.5. The lowest BCUT2D eigenvalue weighted by atomic mass is 9.95. The first-order valence-corrected chi connectivity index (χ1v) is 10.1. The predicted molar refractivity (Wildman–Crippen MR) is 115 cm³/mol. The summed E-state index contributed by atoms with van der Waals surface area (Å²) in [5.74, 6) is -2.35. The van der Waals surface area contributed by atoms with Gasteiger partial charge in [-0.2, -0.15) is 0 Å². The molecule has 0 saturated heterocycles. The van der Waals surface area contributed by atoms with E-state index >= 15 is 0 Å². The van der Waals surface area contributed by atoms with Gasteiger partial charge in [-0.1, -0.05) is 13.8 Å². The van der Waals surface area contributed by atoms with Gasteiger partial charge in [0.2, 0.25) is 0 Å². The van der Waals surface area contributed by atoms with Gasteiger partial charge in [0.25, 0.3) is 11.5 Å². The fourth-order valence-electron chi connectivity index (χ4n) is 3.56. The molecule has 31 heavy (non-hydrogen) atoms. The summed E-state index contributed by atoms with van der Waals surface area (Å²) in [4.78, 5) is 52.4. The number of nitrogens with zero attached hydrogens (tertiary/aromatic N) is 2. The molecule has 1 amide bonds. The van der Waals surface area contributed by atoms with Gasteiger partial charge in [0.15, 0.2) is 5.69 Å². The molecule has 3 unspecified atom stereocenters. The number of ether oxygens (including phenoxy) is 2. The van der Waals surface area contributed by atoms with Crippen molar-refractivity contribution in [3.63, 3.8) is 0 Å². The number of carbonyl (C=O) groups excluding carboxylic acids is 3. The molecule has 0 radical (unpaired) electrons. The molecule has 0 saturated carbocycles. The van der Waals surface area contributed by atoms with Gasteiger partial charge in [0.05, 0.1) is 17.6 Å². The fourth-order valence-corrected chi connectivity index (χ4v) is 3.56. The van der Waals surface area contributed by atoms with E-state index in [0.29, 0.717) is 17.5 Å². The number of hydrogen-bond acceptors (Lipinski definition) is 7. The van der Waals surface area contributed by atoms with Gasteiger partial charge in [-0.15, -0.1) is 0 Å². The summed E-state index contributed by atoms with van der Waals surface area (Å²) in [6.07, 6.45) is -0.826. The Morgan fingerprint density at radius 3 is 2.13 bits per heavy atom. The second-order valence-electron chi connectivity index (χ2n) is 7.73. The first kappa shape index (κ1) is 24.0. The topological polar surface area (TPSA) is 131 Å². The van der Waals surface area contributed by atoms with Gasteiger partial charge >= 0.3 is 11.9 Å². The highest BCUT2D eigenvalue weighted by Gasteiger charge is 2.31. The van der Waals surface area contributed by atoms with Crippen LogP contribution < -0.4 is 11.3 Å². The Bertz CT molecular complexity index is 1080. The number of amides is 1. The van der Waals surface area contributed by atoms with E-state index in [4.69, 9.17) is 15.2 Å². The number of aryl methyl sites for hydroxylation is 2. The van der Waals surface area contributed by atoms with E-state index in [2.05, 4.69) is 4.98 Å². The van der Waals surface area contributed by atoms with E-state index in [-0.39, 0.29) is 6.54 Å². The van der Waals surface area contributed by atoms with Crippen LogP contribution in [0.15, 0.2) is 16.9 Å². The van der Waals surface area contributed by atoms with E-state index in [1.807, 2.05) is 20.8 Å². The van der Waals surface area contributed by atoms with Crippen molar-refractivity contribution in [1.82, 2.24) is 9.55 Å². The van der Waals surface area contributed by atoms with E-state index in [9.17, 15) is 19.2 Å². The lowest BCUT2D eigenvalue weighted by Gasteiger charge is -2.30. The van der Waals surface area contributed by atoms with Gasteiger partial charge in [0.1, 0.15) is 12.2 Å². The zero-order valence-corrected chi connectivity index (χ0v) is 18.7. The van der Waals surface area contributed by atoms with Crippen molar-refractivity contribution in [2.24, 2.45) is 11.7 Å². The minimum Gasteiger partial charge on any atom is -0.462 e. The molecule has 2 aromatic rings. The molecule has 0 aliphatic heterocycles. The highest BCUT2D eigenvalue weighted by molar-refractivity contribution is 5.92. The number of carbonyl (C=O) groups is 3. The van der Waals surface area contributed by atoms with Crippen LogP contribution in [-0.4, -0.2) is 39.6 Å². The molecule has 0 aliphatic rings. The van der Waals surface area contributed by atoms with Crippen molar-refractivity contribution < 1.29 is 23.9 Å². The van der Waals surface area contributed by atoms with E-state index in [1.54, 1.807) is 19.1 Å². The third kappa shape index (κ3) is 5.48. The average Bonchev–Trinajstić information content (AvgIpc) is 2.67. The van der Waals surface area contributed by atoms with Crippen molar-refractivity contribution in [2.75, 3.05) is 0 Å². The van der Waals surface area contributed by atoms with Crippen LogP contribution in [0, 0.1) is 19.8 Å². The number of rotatable bonds is 8. The van der Waals surface area contributed by atoms with Crippen molar-refractivity contribution in [1.29, 1.82) is 0 Å². The highest BCUT2D eigenvalue weighted by atomic mass is 16.6. The number of nitrogens with two attached hydrogens (primary N) is 1. The SMILES string of the molecule is CCC(OC(C)=O)C(C)C(Cn1c(=O)c(C(N)=O)nc2cc(C)c(C)cc21)OC(C)=O. The molecule has 0 bridgehead atoms. The van der Waals surface area contributed by atoms with Crippen molar-refractivity contribution in [3.05, 3.63) is 39.3 Å². The summed E-state index contributed by atoms with van der Waals surface area (Å²) in [6, 6.07) is 3.56. The molecule has 168 valence electrons. The Morgan fingerprint density at radius 1 is 1.06 bits per heavy atom.